The molecule has 7 atom stereocenters. The summed E-state index contributed by atoms with van der Waals surface area (Å²) in [4.78, 5) is 66.4. The largest absolute Gasteiger partial charge is 0.437 e. The van der Waals surface area contributed by atoms with E-state index in [1.807, 2.05) is 0 Å². The van der Waals surface area contributed by atoms with E-state index in [9.17, 15) is 29.1 Å². The summed E-state index contributed by atoms with van der Waals surface area (Å²) >= 11 is 0. The van der Waals surface area contributed by atoms with Gasteiger partial charge in [0.25, 0.3) is 11.8 Å². The lowest BCUT2D eigenvalue weighted by atomic mass is 9.97. The number of hydrogen-bond acceptors (Lipinski definition) is 11. The van der Waals surface area contributed by atoms with Gasteiger partial charge in [0.15, 0.2) is 19.0 Å². The van der Waals surface area contributed by atoms with Crippen molar-refractivity contribution in [3.05, 3.63) is 71.8 Å². The van der Waals surface area contributed by atoms with Gasteiger partial charge in [0.2, 0.25) is 11.8 Å². The van der Waals surface area contributed by atoms with Crippen LogP contribution in [0.2, 0.25) is 0 Å². The Morgan fingerprint density at radius 1 is 0.623 bits per heavy atom. The van der Waals surface area contributed by atoms with Gasteiger partial charge in [0.05, 0.1) is 13.2 Å². The number of esters is 1. The maximum absolute atomic E-state index is 14.2. The zero-order chi connectivity index (χ0) is 39.7. The number of rotatable bonds is 22. The Morgan fingerprint density at radius 2 is 1.04 bits per heavy atom. The van der Waals surface area contributed by atoms with Crippen LogP contribution in [-0.4, -0.2) is 98.1 Å². The first kappa shape index (κ1) is 44.7. The number of likely N-dealkylation sites (N-methyl/N-ethyl adjacent to an activating group) is 2. The molecule has 294 valence electrons. The second-order valence-electron chi connectivity index (χ2n) is 13.6. The van der Waals surface area contributed by atoms with E-state index in [0.29, 0.717) is 11.1 Å². The molecular formula is C38H57N5O10. The van der Waals surface area contributed by atoms with Crippen LogP contribution in [0.25, 0.3) is 0 Å². The molecule has 0 aliphatic heterocycles. The predicted octanol–water partition coefficient (Wildman–Crippen LogP) is 1.16. The third-order valence-electron chi connectivity index (χ3n) is 8.45. The highest BCUT2D eigenvalue weighted by Crippen LogP contribution is 2.20. The Labute approximate surface area is 312 Å². The maximum atomic E-state index is 14.2. The summed E-state index contributed by atoms with van der Waals surface area (Å²) in [5, 5.41) is 22.5. The van der Waals surface area contributed by atoms with Crippen LogP contribution in [0.5, 0.6) is 0 Å². The van der Waals surface area contributed by atoms with Gasteiger partial charge in [-0.1, -0.05) is 102 Å². The van der Waals surface area contributed by atoms with E-state index in [4.69, 9.17) is 24.7 Å². The Morgan fingerprint density at radius 3 is 1.43 bits per heavy atom. The van der Waals surface area contributed by atoms with Crippen molar-refractivity contribution >= 4 is 29.6 Å². The summed E-state index contributed by atoms with van der Waals surface area (Å²) in [6.45, 7) is 9.25. The van der Waals surface area contributed by atoms with Gasteiger partial charge in [0, 0.05) is 14.1 Å². The molecule has 0 aliphatic rings. The Bertz CT molecular complexity index is 1440. The predicted molar refractivity (Wildman–Crippen MR) is 196 cm³/mol. The second-order valence-corrected chi connectivity index (χ2v) is 13.6. The number of benzene rings is 2. The highest BCUT2D eigenvalue weighted by molar-refractivity contribution is 5.91. The summed E-state index contributed by atoms with van der Waals surface area (Å²) in [6.07, 6.45) is -7.24. The number of aliphatic hydroxyl groups is 1. The number of nitrogens with two attached hydrogens (primary N) is 1. The van der Waals surface area contributed by atoms with Crippen LogP contribution in [0.4, 0.5) is 0 Å². The van der Waals surface area contributed by atoms with Crippen molar-refractivity contribution in [1.82, 2.24) is 21.3 Å². The lowest BCUT2D eigenvalue weighted by Gasteiger charge is -2.35. The fourth-order valence-electron chi connectivity index (χ4n) is 5.10. The molecule has 0 radical (unpaired) electrons. The molecule has 15 heteroatoms. The first-order valence-electron chi connectivity index (χ1n) is 17.7. The van der Waals surface area contributed by atoms with Crippen molar-refractivity contribution in [3.63, 3.8) is 0 Å². The summed E-state index contributed by atoms with van der Waals surface area (Å²) in [6, 6.07) is 14.6. The van der Waals surface area contributed by atoms with E-state index < -0.39 is 78.9 Å². The number of amides is 4. The molecule has 0 fully saturated rings. The fourth-order valence-corrected chi connectivity index (χ4v) is 5.10. The molecule has 0 heterocycles. The van der Waals surface area contributed by atoms with Crippen molar-refractivity contribution < 1.29 is 48.0 Å². The molecule has 0 aromatic heterocycles. The van der Waals surface area contributed by atoms with E-state index in [1.54, 1.807) is 102 Å². The standard InChI is InChI=1S/C38H57N5O10/c1-22(2)27(39)38(49)53-21-52-31(33(51-20-26-17-13-10-14-18-26)37(48)43-29(24(5)6)35(46)41-8)30(44)32(50-19-25-15-11-9-12-16-25)36(47)42-28(23(3)4)34(45)40-7/h9-18,22-24,27-33,44H,19-21,39H2,1-8H3,(H,40,45)(H,41,46)(H,42,47)(H,43,48)/t27-,28-,29-,30+,31+,32+,33+/m0/s1. The van der Waals surface area contributed by atoms with Gasteiger partial charge in [-0.15, -0.1) is 0 Å². The van der Waals surface area contributed by atoms with Gasteiger partial charge in [-0.3, -0.25) is 24.0 Å². The average molecular weight is 744 g/mol. The minimum absolute atomic E-state index is 0.163. The number of carbonyl (C=O) groups is 5. The summed E-state index contributed by atoms with van der Waals surface area (Å²) in [5.74, 6) is -4.55. The minimum atomic E-state index is -1.99. The molecule has 0 aliphatic carbocycles. The van der Waals surface area contributed by atoms with E-state index in [0.717, 1.165) is 0 Å². The Hall–Kier alpha value is -4.41. The van der Waals surface area contributed by atoms with E-state index in [2.05, 4.69) is 21.3 Å². The molecule has 0 saturated carbocycles. The van der Waals surface area contributed by atoms with Gasteiger partial charge in [-0.2, -0.15) is 0 Å². The number of nitrogens with one attached hydrogen (secondary N) is 4. The molecule has 4 amide bonds. The number of carbonyl (C=O) groups excluding carboxylic acids is 5. The fraction of sp³-hybridized carbons (Fsp3) is 0.553. The molecule has 7 N–H and O–H groups in total. The number of aliphatic hydroxyl groups excluding tert-OH is 1. The van der Waals surface area contributed by atoms with Gasteiger partial charge >= 0.3 is 5.97 Å². The van der Waals surface area contributed by atoms with Crippen LogP contribution in [0.1, 0.15) is 52.7 Å². The average Bonchev–Trinajstić information content (AvgIpc) is 3.14. The molecule has 2 aromatic rings. The van der Waals surface area contributed by atoms with Crippen molar-refractivity contribution in [2.45, 2.75) is 97.3 Å². The van der Waals surface area contributed by atoms with Crippen molar-refractivity contribution in [3.8, 4) is 0 Å². The summed E-state index contributed by atoms with van der Waals surface area (Å²) in [5.41, 5.74) is 7.26. The first-order chi connectivity index (χ1) is 25.1. The highest BCUT2D eigenvalue weighted by atomic mass is 16.7. The highest BCUT2D eigenvalue weighted by Gasteiger charge is 2.44. The minimum Gasteiger partial charge on any atom is -0.437 e. The number of ether oxygens (including phenoxy) is 4. The Balaban J connectivity index is 2.66. The zero-order valence-corrected chi connectivity index (χ0v) is 31.9. The second kappa shape index (κ2) is 22.6. The van der Waals surface area contributed by atoms with Crippen LogP contribution in [0, 0.1) is 17.8 Å². The summed E-state index contributed by atoms with van der Waals surface area (Å²) < 4.78 is 23.4. The maximum Gasteiger partial charge on any atom is 0.325 e. The van der Waals surface area contributed by atoms with E-state index in [-0.39, 0.29) is 31.0 Å². The molecule has 0 saturated heterocycles. The lowest BCUT2D eigenvalue weighted by molar-refractivity contribution is -0.204. The van der Waals surface area contributed by atoms with Gasteiger partial charge in [-0.05, 0) is 28.9 Å². The monoisotopic (exact) mass is 743 g/mol. The first-order valence-corrected chi connectivity index (χ1v) is 17.7. The molecule has 0 spiro atoms. The van der Waals surface area contributed by atoms with Crippen LogP contribution >= 0.6 is 0 Å². The van der Waals surface area contributed by atoms with Gasteiger partial charge < -0.3 is 51.1 Å². The van der Waals surface area contributed by atoms with Gasteiger partial charge in [0.1, 0.15) is 30.3 Å². The van der Waals surface area contributed by atoms with Gasteiger partial charge in [-0.25, -0.2) is 0 Å². The molecule has 15 nitrogen and oxygen atoms in total. The van der Waals surface area contributed by atoms with E-state index >= 15 is 0 Å². The molecule has 53 heavy (non-hydrogen) atoms. The third-order valence-corrected chi connectivity index (χ3v) is 8.45. The SMILES string of the molecule is CNC(=O)[C@@H](NC(=O)[C@H](OCc1ccccc1)[C@H](O)[C@@H](OCOC(=O)[C@@H](N)C(C)C)[C@@H](OCc1ccccc1)C(=O)N[C@H](C(=O)NC)C(C)C)C(C)C. The molecule has 0 unspecified atom stereocenters. The van der Waals surface area contributed by atoms with Crippen LogP contribution in [-0.2, 0) is 56.1 Å². The zero-order valence-electron chi connectivity index (χ0n) is 31.9. The van der Waals surface area contributed by atoms with Crippen LogP contribution in [0.3, 0.4) is 0 Å². The number of hydrogen-bond donors (Lipinski definition) is 6. The molecule has 2 rings (SSSR count). The topological polar surface area (TPSA) is 217 Å². The molecule has 2 aromatic carbocycles. The van der Waals surface area contributed by atoms with Crippen molar-refractivity contribution in [2.24, 2.45) is 23.5 Å². The van der Waals surface area contributed by atoms with Crippen LogP contribution in [0.15, 0.2) is 60.7 Å². The Kier molecular flexibility index (Phi) is 19.1. The summed E-state index contributed by atoms with van der Waals surface area (Å²) in [7, 11) is 2.85. The molecular weight excluding hydrogens is 686 g/mol. The van der Waals surface area contributed by atoms with Crippen molar-refractivity contribution in [2.75, 3.05) is 20.9 Å². The van der Waals surface area contributed by atoms with E-state index in [1.165, 1.54) is 14.1 Å². The van der Waals surface area contributed by atoms with Crippen LogP contribution < -0.4 is 27.0 Å². The molecule has 0 bridgehead atoms. The smallest absolute Gasteiger partial charge is 0.325 e. The normalized spacial score (nSPS) is 15.4. The lowest BCUT2D eigenvalue weighted by Crippen LogP contribution is -2.61. The quantitative estimate of drug-likeness (QED) is 0.0743. The third kappa shape index (κ3) is 14.2. The van der Waals surface area contributed by atoms with Crippen molar-refractivity contribution in [1.29, 1.82) is 0 Å².